The SMILES string of the molecule is CCN(CCN)Cc1cnsn1. The van der Waals surface area contributed by atoms with Crippen LogP contribution in [0.4, 0.5) is 0 Å². The molecule has 12 heavy (non-hydrogen) atoms. The maximum atomic E-state index is 5.46. The van der Waals surface area contributed by atoms with Gasteiger partial charge in [-0.3, -0.25) is 4.90 Å². The smallest absolute Gasteiger partial charge is 0.0883 e. The van der Waals surface area contributed by atoms with E-state index in [-0.39, 0.29) is 0 Å². The molecule has 0 aliphatic carbocycles. The summed E-state index contributed by atoms with van der Waals surface area (Å²) in [5.74, 6) is 0. The standard InChI is InChI=1S/C7H14N4S/c1-2-11(4-3-8)6-7-5-9-12-10-7/h5H,2-4,6,8H2,1H3. The fourth-order valence-corrected chi connectivity index (χ4v) is 1.44. The molecule has 0 saturated carbocycles. The van der Waals surface area contributed by atoms with Crippen molar-refractivity contribution in [2.75, 3.05) is 19.6 Å². The summed E-state index contributed by atoms with van der Waals surface area (Å²) in [5, 5.41) is 0. The van der Waals surface area contributed by atoms with Crippen LogP contribution in [-0.4, -0.2) is 33.3 Å². The van der Waals surface area contributed by atoms with E-state index in [0.717, 1.165) is 25.3 Å². The Morgan fingerprint density at radius 2 is 2.50 bits per heavy atom. The highest BCUT2D eigenvalue weighted by Crippen LogP contribution is 2.00. The molecule has 1 aromatic rings. The van der Waals surface area contributed by atoms with Gasteiger partial charge in [0.1, 0.15) is 0 Å². The number of likely N-dealkylation sites (N-methyl/N-ethyl adjacent to an activating group) is 1. The van der Waals surface area contributed by atoms with Gasteiger partial charge in [0.15, 0.2) is 0 Å². The molecule has 0 bridgehead atoms. The summed E-state index contributed by atoms with van der Waals surface area (Å²) in [7, 11) is 0. The first-order valence-electron chi connectivity index (χ1n) is 4.05. The Morgan fingerprint density at radius 3 is 3.00 bits per heavy atom. The summed E-state index contributed by atoms with van der Waals surface area (Å²) in [6, 6.07) is 0. The first-order chi connectivity index (χ1) is 5.86. The van der Waals surface area contributed by atoms with Gasteiger partial charge in [-0.2, -0.15) is 8.75 Å². The summed E-state index contributed by atoms with van der Waals surface area (Å²) in [6.45, 7) is 5.62. The summed E-state index contributed by atoms with van der Waals surface area (Å²) < 4.78 is 8.08. The van der Waals surface area contributed by atoms with Gasteiger partial charge in [0.05, 0.1) is 23.6 Å². The van der Waals surface area contributed by atoms with E-state index in [9.17, 15) is 0 Å². The molecule has 0 spiro atoms. The van der Waals surface area contributed by atoms with Crippen LogP contribution in [0.15, 0.2) is 6.20 Å². The Hall–Kier alpha value is -0.520. The minimum Gasteiger partial charge on any atom is -0.329 e. The normalized spacial score (nSPS) is 10.9. The fraction of sp³-hybridized carbons (Fsp3) is 0.714. The average molecular weight is 186 g/mol. The van der Waals surface area contributed by atoms with Crippen LogP contribution >= 0.6 is 11.7 Å². The van der Waals surface area contributed by atoms with Crippen LogP contribution in [0.3, 0.4) is 0 Å². The monoisotopic (exact) mass is 186 g/mol. The van der Waals surface area contributed by atoms with Crippen molar-refractivity contribution >= 4 is 11.7 Å². The maximum absolute atomic E-state index is 5.46. The van der Waals surface area contributed by atoms with Crippen molar-refractivity contribution in [3.8, 4) is 0 Å². The molecule has 68 valence electrons. The zero-order valence-corrected chi connectivity index (χ0v) is 8.05. The van der Waals surface area contributed by atoms with Crippen molar-refractivity contribution < 1.29 is 0 Å². The van der Waals surface area contributed by atoms with Crippen molar-refractivity contribution in [3.63, 3.8) is 0 Å². The van der Waals surface area contributed by atoms with Crippen molar-refractivity contribution in [3.05, 3.63) is 11.9 Å². The first-order valence-corrected chi connectivity index (χ1v) is 4.78. The molecular formula is C7H14N4S. The average Bonchev–Trinajstić information content (AvgIpc) is 2.56. The number of aromatic nitrogens is 2. The second-order valence-corrected chi connectivity index (χ2v) is 3.11. The largest absolute Gasteiger partial charge is 0.329 e. The van der Waals surface area contributed by atoms with Crippen molar-refractivity contribution in [2.24, 2.45) is 5.73 Å². The molecule has 0 fully saturated rings. The Labute approximate surface area is 76.7 Å². The third-order valence-corrected chi connectivity index (χ3v) is 2.20. The number of hydrogen-bond donors (Lipinski definition) is 1. The van der Waals surface area contributed by atoms with E-state index in [0.29, 0.717) is 6.54 Å². The predicted molar refractivity (Wildman–Crippen MR) is 49.9 cm³/mol. The highest BCUT2D eigenvalue weighted by Gasteiger charge is 2.03. The van der Waals surface area contributed by atoms with E-state index in [1.165, 1.54) is 11.7 Å². The Bertz CT molecular complexity index is 199. The molecule has 0 amide bonds. The van der Waals surface area contributed by atoms with Crippen molar-refractivity contribution in [2.45, 2.75) is 13.5 Å². The molecule has 0 aromatic carbocycles. The van der Waals surface area contributed by atoms with E-state index >= 15 is 0 Å². The highest BCUT2D eigenvalue weighted by atomic mass is 32.1. The molecule has 0 atom stereocenters. The number of rotatable bonds is 5. The Morgan fingerprint density at radius 1 is 1.67 bits per heavy atom. The molecule has 0 saturated heterocycles. The van der Waals surface area contributed by atoms with Crippen LogP contribution in [0.5, 0.6) is 0 Å². The van der Waals surface area contributed by atoms with Crippen LogP contribution < -0.4 is 5.73 Å². The van der Waals surface area contributed by atoms with E-state index in [4.69, 9.17) is 5.73 Å². The zero-order chi connectivity index (χ0) is 8.81. The lowest BCUT2D eigenvalue weighted by Crippen LogP contribution is -2.28. The molecule has 0 aliphatic heterocycles. The van der Waals surface area contributed by atoms with Crippen LogP contribution in [0.1, 0.15) is 12.6 Å². The van der Waals surface area contributed by atoms with Crippen molar-refractivity contribution in [1.82, 2.24) is 13.6 Å². The summed E-state index contributed by atoms with van der Waals surface area (Å²) >= 11 is 1.25. The van der Waals surface area contributed by atoms with Crippen LogP contribution in [0, 0.1) is 0 Å². The van der Waals surface area contributed by atoms with Crippen molar-refractivity contribution in [1.29, 1.82) is 0 Å². The predicted octanol–water partition coefficient (Wildman–Crippen LogP) is 0.319. The minimum absolute atomic E-state index is 0.700. The summed E-state index contributed by atoms with van der Waals surface area (Å²) in [6.07, 6.45) is 1.81. The second-order valence-electron chi connectivity index (χ2n) is 2.56. The lowest BCUT2D eigenvalue weighted by molar-refractivity contribution is 0.285. The van der Waals surface area contributed by atoms with Gasteiger partial charge in [-0.15, -0.1) is 0 Å². The first kappa shape index (κ1) is 9.57. The molecule has 0 unspecified atom stereocenters. The van der Waals surface area contributed by atoms with Gasteiger partial charge in [0, 0.05) is 19.6 Å². The van der Waals surface area contributed by atoms with E-state index in [1.807, 2.05) is 6.20 Å². The number of nitrogens with zero attached hydrogens (tertiary/aromatic N) is 3. The van der Waals surface area contributed by atoms with Gasteiger partial charge >= 0.3 is 0 Å². The number of nitrogens with two attached hydrogens (primary N) is 1. The van der Waals surface area contributed by atoms with E-state index < -0.39 is 0 Å². The molecule has 1 heterocycles. The van der Waals surface area contributed by atoms with Gasteiger partial charge in [0.25, 0.3) is 0 Å². The minimum atomic E-state index is 0.700. The van der Waals surface area contributed by atoms with Crippen LogP contribution in [0.2, 0.25) is 0 Å². The Balaban J connectivity index is 2.37. The molecule has 4 nitrogen and oxygen atoms in total. The third kappa shape index (κ3) is 2.84. The molecule has 0 aliphatic rings. The second kappa shape index (κ2) is 5.18. The highest BCUT2D eigenvalue weighted by molar-refractivity contribution is 6.99. The summed E-state index contributed by atoms with van der Waals surface area (Å²) in [5.41, 5.74) is 6.50. The van der Waals surface area contributed by atoms with Gasteiger partial charge in [0.2, 0.25) is 0 Å². The lowest BCUT2D eigenvalue weighted by atomic mass is 10.4. The summed E-state index contributed by atoms with van der Waals surface area (Å²) in [4.78, 5) is 2.25. The van der Waals surface area contributed by atoms with Crippen LogP contribution in [0.25, 0.3) is 0 Å². The molecule has 0 radical (unpaired) electrons. The van der Waals surface area contributed by atoms with E-state index in [1.54, 1.807) is 0 Å². The molecule has 5 heteroatoms. The molecule has 2 N–H and O–H groups in total. The topological polar surface area (TPSA) is 55.0 Å². The fourth-order valence-electron chi connectivity index (χ4n) is 1.01. The van der Waals surface area contributed by atoms with Gasteiger partial charge in [-0.1, -0.05) is 6.92 Å². The van der Waals surface area contributed by atoms with Gasteiger partial charge in [-0.25, -0.2) is 0 Å². The van der Waals surface area contributed by atoms with Gasteiger partial charge < -0.3 is 5.73 Å². The molecule has 1 rings (SSSR count). The zero-order valence-electron chi connectivity index (χ0n) is 7.23. The lowest BCUT2D eigenvalue weighted by Gasteiger charge is -2.17. The molecule has 1 aromatic heterocycles. The number of hydrogen-bond acceptors (Lipinski definition) is 5. The van der Waals surface area contributed by atoms with E-state index in [2.05, 4.69) is 20.6 Å². The maximum Gasteiger partial charge on any atom is 0.0883 e. The third-order valence-electron chi connectivity index (χ3n) is 1.69. The van der Waals surface area contributed by atoms with Gasteiger partial charge in [-0.05, 0) is 6.54 Å². The Kier molecular flexibility index (Phi) is 4.13. The van der Waals surface area contributed by atoms with Crippen LogP contribution in [-0.2, 0) is 6.54 Å². The molecular weight excluding hydrogens is 172 g/mol. The quantitative estimate of drug-likeness (QED) is 0.719.